The number of aromatic carboxylic acids is 1. The first-order chi connectivity index (χ1) is 16.0. The van der Waals surface area contributed by atoms with Crippen molar-refractivity contribution in [1.82, 2.24) is 19.7 Å². The number of fused-ring (bicyclic) bond motifs is 2. The summed E-state index contributed by atoms with van der Waals surface area (Å²) in [5, 5.41) is 15.3. The third-order valence-corrected chi connectivity index (χ3v) is 6.52. The van der Waals surface area contributed by atoms with Crippen LogP contribution in [0.15, 0.2) is 60.8 Å². The minimum Gasteiger partial charge on any atom is -0.478 e. The van der Waals surface area contributed by atoms with Gasteiger partial charge in [0.15, 0.2) is 0 Å². The van der Waals surface area contributed by atoms with Crippen LogP contribution in [0.2, 0.25) is 0 Å². The van der Waals surface area contributed by atoms with Gasteiger partial charge < -0.3 is 15.0 Å². The lowest BCUT2D eigenvalue weighted by atomic mass is 10.1. The van der Waals surface area contributed by atoms with Crippen molar-refractivity contribution in [3.05, 3.63) is 71.9 Å². The van der Waals surface area contributed by atoms with Gasteiger partial charge in [0.2, 0.25) is 0 Å². The predicted molar refractivity (Wildman–Crippen MR) is 129 cm³/mol. The molecule has 0 aliphatic heterocycles. The number of benzene rings is 2. The molecule has 33 heavy (non-hydrogen) atoms. The van der Waals surface area contributed by atoms with Gasteiger partial charge in [0.1, 0.15) is 5.69 Å². The van der Waals surface area contributed by atoms with Gasteiger partial charge in [-0.25, -0.2) is 4.79 Å². The van der Waals surface area contributed by atoms with Crippen molar-refractivity contribution in [2.75, 3.05) is 11.9 Å². The Labute approximate surface area is 190 Å². The molecule has 2 aromatic carbocycles. The predicted octanol–water partition coefficient (Wildman–Crippen LogP) is 5.46. The quantitative estimate of drug-likeness (QED) is 0.381. The van der Waals surface area contributed by atoms with E-state index in [0.29, 0.717) is 17.0 Å². The van der Waals surface area contributed by atoms with Crippen LogP contribution in [0.25, 0.3) is 33.3 Å². The van der Waals surface area contributed by atoms with Crippen molar-refractivity contribution < 1.29 is 9.90 Å². The summed E-state index contributed by atoms with van der Waals surface area (Å²) >= 11 is 0. The molecule has 5 aromatic rings. The fourth-order valence-electron chi connectivity index (χ4n) is 4.66. The Morgan fingerprint density at radius 1 is 1.15 bits per heavy atom. The lowest BCUT2D eigenvalue weighted by Gasteiger charge is -2.21. The molecule has 7 nitrogen and oxygen atoms in total. The zero-order valence-corrected chi connectivity index (χ0v) is 18.4. The van der Waals surface area contributed by atoms with Gasteiger partial charge >= 0.3 is 5.97 Å². The Kier molecular flexibility index (Phi) is 4.26. The number of pyridine rings is 1. The van der Waals surface area contributed by atoms with Crippen molar-refractivity contribution in [3.8, 4) is 11.4 Å². The normalized spacial score (nSPS) is 13.6. The van der Waals surface area contributed by atoms with E-state index in [1.807, 2.05) is 29.9 Å². The maximum atomic E-state index is 11.6. The molecule has 164 valence electrons. The van der Waals surface area contributed by atoms with E-state index in [9.17, 15) is 9.90 Å². The van der Waals surface area contributed by atoms with Gasteiger partial charge in [-0.1, -0.05) is 24.3 Å². The number of carbonyl (C=O) groups is 1. The first-order valence-corrected chi connectivity index (χ1v) is 11.0. The number of rotatable bonds is 5. The van der Waals surface area contributed by atoms with Crippen LogP contribution in [0, 0.1) is 0 Å². The largest absolute Gasteiger partial charge is 0.478 e. The molecule has 7 heteroatoms. The number of carboxylic acid groups (broad SMARTS) is 1. The Hall–Kier alpha value is -4.13. The summed E-state index contributed by atoms with van der Waals surface area (Å²) in [6, 6.07) is 18.3. The van der Waals surface area contributed by atoms with Crippen molar-refractivity contribution >= 4 is 39.3 Å². The molecule has 1 fully saturated rings. The second kappa shape index (κ2) is 7.20. The molecule has 0 bridgehead atoms. The molecule has 0 atom stereocenters. The van der Waals surface area contributed by atoms with Crippen LogP contribution < -0.4 is 4.90 Å². The monoisotopic (exact) mass is 437 g/mol. The molecule has 3 aromatic heterocycles. The highest BCUT2D eigenvalue weighted by atomic mass is 16.4. The van der Waals surface area contributed by atoms with Crippen LogP contribution in [0.1, 0.15) is 34.7 Å². The maximum Gasteiger partial charge on any atom is 0.337 e. The van der Waals surface area contributed by atoms with Crippen molar-refractivity contribution in [3.63, 3.8) is 0 Å². The zero-order chi connectivity index (χ0) is 22.7. The summed E-state index contributed by atoms with van der Waals surface area (Å²) in [5.74, 6) is -0.289. The van der Waals surface area contributed by atoms with Crippen LogP contribution in [0.4, 0.5) is 11.4 Å². The number of H-pyrrole nitrogens is 1. The summed E-state index contributed by atoms with van der Waals surface area (Å²) in [7, 11) is 4.02. The number of aryl methyl sites for hydroxylation is 1. The summed E-state index contributed by atoms with van der Waals surface area (Å²) < 4.78 is 1.89. The van der Waals surface area contributed by atoms with Gasteiger partial charge in [-0.15, -0.1) is 0 Å². The van der Waals surface area contributed by atoms with Crippen LogP contribution in [-0.4, -0.2) is 37.9 Å². The van der Waals surface area contributed by atoms with Gasteiger partial charge in [0.25, 0.3) is 0 Å². The van der Waals surface area contributed by atoms with Crippen molar-refractivity contribution in [2.45, 2.75) is 18.8 Å². The van der Waals surface area contributed by atoms with Gasteiger partial charge in [0, 0.05) is 31.4 Å². The first-order valence-electron chi connectivity index (χ1n) is 11.0. The standard InChI is InChI=1S/C26H23N5O2/c1-30(17-6-3-5-16(13-17)15-9-10-15)22-8-4-7-18-24(29-31(2)25(18)22)21-14-20-23(28-21)19(26(32)33)11-12-27-20/h3-8,11-15,28H,9-10H2,1-2H3,(H,32,33). The number of hydrogen-bond donors (Lipinski definition) is 2. The van der Waals surface area contributed by atoms with E-state index >= 15 is 0 Å². The van der Waals surface area contributed by atoms with Gasteiger partial charge in [-0.3, -0.25) is 9.67 Å². The fraction of sp³-hybridized carbons (Fsp3) is 0.192. The molecule has 6 rings (SSSR count). The number of nitrogens with one attached hydrogen (secondary N) is 1. The lowest BCUT2D eigenvalue weighted by Crippen LogP contribution is -2.11. The van der Waals surface area contributed by atoms with Crippen molar-refractivity contribution in [2.24, 2.45) is 7.05 Å². The van der Waals surface area contributed by atoms with E-state index in [0.717, 1.165) is 33.7 Å². The van der Waals surface area contributed by atoms with Crippen LogP contribution >= 0.6 is 0 Å². The smallest absolute Gasteiger partial charge is 0.337 e. The highest BCUT2D eigenvalue weighted by Gasteiger charge is 2.24. The zero-order valence-electron chi connectivity index (χ0n) is 18.4. The summed E-state index contributed by atoms with van der Waals surface area (Å²) in [4.78, 5) is 21.4. The number of para-hydroxylation sites is 1. The van der Waals surface area contributed by atoms with Gasteiger partial charge in [-0.05, 0) is 54.7 Å². The molecule has 0 spiro atoms. The highest BCUT2D eigenvalue weighted by Crippen LogP contribution is 2.42. The van der Waals surface area contributed by atoms with Crippen molar-refractivity contribution in [1.29, 1.82) is 0 Å². The average molecular weight is 438 g/mol. The first kappa shape index (κ1) is 19.5. The molecular weight excluding hydrogens is 414 g/mol. The number of nitrogens with zero attached hydrogens (tertiary/aromatic N) is 4. The molecule has 1 aliphatic carbocycles. The Morgan fingerprint density at radius 3 is 2.76 bits per heavy atom. The van der Waals surface area contributed by atoms with Crippen LogP contribution in [0.3, 0.4) is 0 Å². The minimum atomic E-state index is -0.987. The number of anilines is 2. The SMILES string of the molecule is CN(c1cccc(C2CC2)c1)c1cccc2c(-c3cc4nccc(C(=O)O)c4[nH]3)nn(C)c12. The number of carboxylic acids is 1. The van der Waals surface area contributed by atoms with Gasteiger partial charge in [0.05, 0.1) is 33.5 Å². The van der Waals surface area contributed by atoms with Crippen LogP contribution in [0.5, 0.6) is 0 Å². The second-order valence-corrected chi connectivity index (χ2v) is 8.68. The number of aromatic amines is 1. The van der Waals surface area contributed by atoms with Gasteiger partial charge in [-0.2, -0.15) is 5.10 Å². The third-order valence-electron chi connectivity index (χ3n) is 6.52. The molecule has 0 amide bonds. The molecule has 3 heterocycles. The number of aromatic nitrogens is 4. The van der Waals surface area contributed by atoms with E-state index in [1.165, 1.54) is 30.7 Å². The molecule has 0 saturated heterocycles. The van der Waals surface area contributed by atoms with Crippen LogP contribution in [-0.2, 0) is 7.05 Å². The minimum absolute atomic E-state index is 0.197. The van der Waals surface area contributed by atoms with E-state index in [2.05, 4.69) is 52.2 Å². The second-order valence-electron chi connectivity index (χ2n) is 8.68. The molecule has 0 radical (unpaired) electrons. The van der Waals surface area contributed by atoms with E-state index in [1.54, 1.807) is 0 Å². The van der Waals surface area contributed by atoms with E-state index in [4.69, 9.17) is 5.10 Å². The average Bonchev–Trinajstić information content (AvgIpc) is 3.50. The maximum absolute atomic E-state index is 11.6. The molecule has 2 N–H and O–H groups in total. The lowest BCUT2D eigenvalue weighted by molar-refractivity contribution is 0.0698. The molecule has 1 aliphatic rings. The summed E-state index contributed by atoms with van der Waals surface area (Å²) in [6.45, 7) is 0. The highest BCUT2D eigenvalue weighted by molar-refractivity contribution is 6.05. The Morgan fingerprint density at radius 2 is 1.97 bits per heavy atom. The van der Waals surface area contributed by atoms with E-state index < -0.39 is 5.97 Å². The summed E-state index contributed by atoms with van der Waals surface area (Å²) in [6.07, 6.45) is 4.07. The fourth-order valence-corrected chi connectivity index (χ4v) is 4.66. The molecule has 1 saturated carbocycles. The Bertz CT molecular complexity index is 1540. The topological polar surface area (TPSA) is 87.0 Å². The summed E-state index contributed by atoms with van der Waals surface area (Å²) in [5.41, 5.74) is 7.43. The number of hydrogen-bond acceptors (Lipinski definition) is 4. The third kappa shape index (κ3) is 3.16. The molecular formula is C26H23N5O2. The Balaban J connectivity index is 1.48. The molecule has 0 unspecified atom stereocenters. The van der Waals surface area contributed by atoms with E-state index in [-0.39, 0.29) is 5.56 Å².